The van der Waals surface area contributed by atoms with Crippen LogP contribution in [-0.2, 0) is 10.0 Å². The van der Waals surface area contributed by atoms with Gasteiger partial charge in [-0.2, -0.15) is 0 Å². The summed E-state index contributed by atoms with van der Waals surface area (Å²) in [6.45, 7) is 3.51. The molecule has 0 aliphatic rings. The van der Waals surface area contributed by atoms with Crippen LogP contribution in [-0.4, -0.2) is 19.3 Å². The number of phenols is 1. The second kappa shape index (κ2) is 4.69. The molecular formula is C10H14FNO3S. The van der Waals surface area contributed by atoms with Gasteiger partial charge in [0.25, 0.3) is 0 Å². The molecule has 1 rings (SSSR count). The maximum absolute atomic E-state index is 13.2. The van der Waals surface area contributed by atoms with Crippen molar-refractivity contribution in [1.82, 2.24) is 0 Å². The summed E-state index contributed by atoms with van der Waals surface area (Å²) in [6.07, 6.45) is 0. The van der Waals surface area contributed by atoms with E-state index in [-0.39, 0.29) is 23.1 Å². The van der Waals surface area contributed by atoms with Crippen LogP contribution < -0.4 is 4.72 Å². The van der Waals surface area contributed by atoms with E-state index >= 15 is 0 Å². The molecule has 90 valence electrons. The van der Waals surface area contributed by atoms with E-state index in [2.05, 4.69) is 4.72 Å². The van der Waals surface area contributed by atoms with Crippen LogP contribution in [0.2, 0.25) is 0 Å². The lowest BCUT2D eigenvalue weighted by Crippen LogP contribution is -2.20. The van der Waals surface area contributed by atoms with E-state index in [0.717, 1.165) is 6.07 Å². The average molecular weight is 247 g/mol. The van der Waals surface area contributed by atoms with Gasteiger partial charge in [0.2, 0.25) is 10.0 Å². The zero-order valence-corrected chi connectivity index (χ0v) is 9.88. The van der Waals surface area contributed by atoms with E-state index in [0.29, 0.717) is 0 Å². The van der Waals surface area contributed by atoms with Crippen molar-refractivity contribution in [3.05, 3.63) is 24.0 Å². The first-order chi connectivity index (χ1) is 7.30. The van der Waals surface area contributed by atoms with Gasteiger partial charge in [0.15, 0.2) is 5.82 Å². The highest BCUT2D eigenvalue weighted by Gasteiger charge is 2.15. The average Bonchev–Trinajstić information content (AvgIpc) is 2.07. The first-order valence-electron chi connectivity index (χ1n) is 4.79. The van der Waals surface area contributed by atoms with Crippen molar-refractivity contribution < 1.29 is 17.9 Å². The van der Waals surface area contributed by atoms with Crippen LogP contribution in [0.15, 0.2) is 18.2 Å². The van der Waals surface area contributed by atoms with Crippen molar-refractivity contribution in [3.63, 3.8) is 0 Å². The SMILES string of the molecule is CC(C)CS(=O)(=O)Nc1ccc(O)cc1F. The molecule has 0 atom stereocenters. The molecule has 0 aromatic heterocycles. The quantitative estimate of drug-likeness (QED) is 0.799. The summed E-state index contributed by atoms with van der Waals surface area (Å²) in [7, 11) is -3.54. The predicted octanol–water partition coefficient (Wildman–Crippen LogP) is 1.93. The fourth-order valence-corrected chi connectivity index (χ4v) is 2.70. The summed E-state index contributed by atoms with van der Waals surface area (Å²) in [6, 6.07) is 3.26. The van der Waals surface area contributed by atoms with E-state index in [1.807, 2.05) is 0 Å². The van der Waals surface area contributed by atoms with Gasteiger partial charge >= 0.3 is 0 Å². The lowest BCUT2D eigenvalue weighted by molar-refractivity contribution is 0.469. The van der Waals surface area contributed by atoms with Gasteiger partial charge in [-0.25, -0.2) is 12.8 Å². The molecule has 6 heteroatoms. The maximum atomic E-state index is 13.2. The normalized spacial score (nSPS) is 11.8. The number of sulfonamides is 1. The fourth-order valence-electron chi connectivity index (χ4n) is 1.23. The number of phenolic OH excluding ortho intramolecular Hbond substituents is 1. The van der Waals surface area contributed by atoms with Gasteiger partial charge in [0.1, 0.15) is 5.75 Å². The van der Waals surface area contributed by atoms with Gasteiger partial charge in [-0.3, -0.25) is 4.72 Å². The van der Waals surface area contributed by atoms with Crippen LogP contribution in [0.3, 0.4) is 0 Å². The van der Waals surface area contributed by atoms with E-state index < -0.39 is 15.8 Å². The van der Waals surface area contributed by atoms with Crippen molar-refractivity contribution in [2.24, 2.45) is 5.92 Å². The summed E-state index contributed by atoms with van der Waals surface area (Å²) in [5, 5.41) is 8.96. The highest BCUT2D eigenvalue weighted by Crippen LogP contribution is 2.20. The first kappa shape index (κ1) is 12.8. The minimum atomic E-state index is -3.54. The third-order valence-corrected chi connectivity index (χ3v) is 3.41. The smallest absolute Gasteiger partial charge is 0.233 e. The minimum Gasteiger partial charge on any atom is -0.508 e. The Labute approximate surface area is 94.2 Å². The van der Waals surface area contributed by atoms with Gasteiger partial charge in [-0.1, -0.05) is 13.8 Å². The van der Waals surface area contributed by atoms with Crippen LogP contribution in [0.5, 0.6) is 5.75 Å². The van der Waals surface area contributed by atoms with Gasteiger partial charge in [0.05, 0.1) is 11.4 Å². The van der Waals surface area contributed by atoms with Crippen LogP contribution in [0.1, 0.15) is 13.8 Å². The Morgan fingerprint density at radius 1 is 1.44 bits per heavy atom. The van der Waals surface area contributed by atoms with Gasteiger partial charge < -0.3 is 5.11 Å². The fraction of sp³-hybridized carbons (Fsp3) is 0.400. The zero-order valence-electron chi connectivity index (χ0n) is 9.07. The zero-order chi connectivity index (χ0) is 12.3. The number of hydrogen-bond acceptors (Lipinski definition) is 3. The molecule has 1 aromatic carbocycles. The molecule has 0 aliphatic carbocycles. The summed E-state index contributed by atoms with van der Waals surface area (Å²) in [4.78, 5) is 0. The number of nitrogens with one attached hydrogen (secondary N) is 1. The number of anilines is 1. The molecule has 0 saturated heterocycles. The molecule has 0 aliphatic heterocycles. The monoisotopic (exact) mass is 247 g/mol. The largest absolute Gasteiger partial charge is 0.508 e. The van der Waals surface area contributed by atoms with Crippen LogP contribution in [0, 0.1) is 11.7 Å². The lowest BCUT2D eigenvalue weighted by Gasteiger charge is -2.10. The van der Waals surface area contributed by atoms with E-state index in [9.17, 15) is 12.8 Å². The third-order valence-electron chi connectivity index (χ3n) is 1.77. The van der Waals surface area contributed by atoms with Crippen molar-refractivity contribution >= 4 is 15.7 Å². The van der Waals surface area contributed by atoms with Crippen molar-refractivity contribution in [1.29, 1.82) is 0 Å². The Morgan fingerprint density at radius 2 is 2.06 bits per heavy atom. The van der Waals surface area contributed by atoms with Crippen molar-refractivity contribution in [2.75, 3.05) is 10.5 Å². The van der Waals surface area contributed by atoms with Gasteiger partial charge in [-0.05, 0) is 18.1 Å². The first-order valence-corrected chi connectivity index (χ1v) is 6.44. The number of benzene rings is 1. The summed E-state index contributed by atoms with van der Waals surface area (Å²) < 4.78 is 38.4. The minimum absolute atomic E-state index is 0.0438. The number of aromatic hydroxyl groups is 1. The van der Waals surface area contributed by atoms with Gasteiger partial charge in [-0.15, -0.1) is 0 Å². The Hall–Kier alpha value is -1.30. The molecule has 0 bridgehead atoms. The highest BCUT2D eigenvalue weighted by atomic mass is 32.2. The van der Waals surface area contributed by atoms with E-state index in [1.165, 1.54) is 12.1 Å². The summed E-state index contributed by atoms with van der Waals surface area (Å²) >= 11 is 0. The van der Waals surface area contributed by atoms with E-state index in [4.69, 9.17) is 5.11 Å². The van der Waals surface area contributed by atoms with Crippen molar-refractivity contribution in [2.45, 2.75) is 13.8 Å². The highest BCUT2D eigenvalue weighted by molar-refractivity contribution is 7.92. The standard InChI is InChI=1S/C10H14FNO3S/c1-7(2)6-16(14,15)12-10-4-3-8(13)5-9(10)11/h3-5,7,12-13H,6H2,1-2H3. The molecule has 0 heterocycles. The van der Waals surface area contributed by atoms with E-state index in [1.54, 1.807) is 13.8 Å². The maximum Gasteiger partial charge on any atom is 0.233 e. The summed E-state index contributed by atoms with van der Waals surface area (Å²) in [5.74, 6) is -1.16. The van der Waals surface area contributed by atoms with Crippen molar-refractivity contribution in [3.8, 4) is 5.75 Å². The molecule has 0 fully saturated rings. The van der Waals surface area contributed by atoms with Gasteiger partial charge in [0, 0.05) is 6.07 Å². The molecule has 4 nitrogen and oxygen atoms in total. The Kier molecular flexibility index (Phi) is 3.74. The lowest BCUT2D eigenvalue weighted by atomic mass is 10.3. The van der Waals surface area contributed by atoms with Crippen LogP contribution in [0.4, 0.5) is 10.1 Å². The van der Waals surface area contributed by atoms with Crippen LogP contribution in [0.25, 0.3) is 0 Å². The Morgan fingerprint density at radius 3 is 2.56 bits per heavy atom. The second-order valence-electron chi connectivity index (χ2n) is 3.94. The molecule has 16 heavy (non-hydrogen) atoms. The number of rotatable bonds is 4. The molecule has 0 unspecified atom stereocenters. The topological polar surface area (TPSA) is 66.4 Å². The molecular weight excluding hydrogens is 233 g/mol. The second-order valence-corrected chi connectivity index (χ2v) is 5.71. The summed E-state index contributed by atoms with van der Waals surface area (Å²) in [5.41, 5.74) is -0.154. The number of halogens is 1. The molecule has 0 amide bonds. The Balaban J connectivity index is 2.88. The molecule has 1 aromatic rings. The molecule has 0 saturated carbocycles. The number of hydrogen-bond donors (Lipinski definition) is 2. The Bertz CT molecular complexity index is 471. The molecule has 0 radical (unpaired) electrons. The predicted molar refractivity (Wildman–Crippen MR) is 60.3 cm³/mol. The molecule has 0 spiro atoms. The molecule has 2 N–H and O–H groups in total. The van der Waals surface area contributed by atoms with Crippen LogP contribution >= 0.6 is 0 Å². The third kappa shape index (κ3) is 3.69.